The lowest BCUT2D eigenvalue weighted by molar-refractivity contribution is -0.137. The van der Waals surface area contributed by atoms with Gasteiger partial charge in [-0.25, -0.2) is 4.98 Å². The number of para-hydroxylation sites is 2. The fraction of sp³-hybridized carbons (Fsp3) is 0.158. The summed E-state index contributed by atoms with van der Waals surface area (Å²) in [5.41, 5.74) is -0.247. The first-order chi connectivity index (χ1) is 12.9. The van der Waals surface area contributed by atoms with Gasteiger partial charge in [0.05, 0.1) is 16.5 Å². The molecule has 0 saturated heterocycles. The molecule has 0 fully saturated rings. The number of halogens is 3. The van der Waals surface area contributed by atoms with E-state index in [-0.39, 0.29) is 5.69 Å². The van der Waals surface area contributed by atoms with Crippen molar-refractivity contribution in [2.75, 3.05) is 5.32 Å². The normalized spacial score (nSPS) is 12.6. The number of nitrogens with zero attached hydrogens (tertiary/aromatic N) is 2. The highest BCUT2D eigenvalue weighted by Gasteiger charge is 2.34. The maximum Gasteiger partial charge on any atom is 0.418 e. The largest absolute Gasteiger partial charge is 0.418 e. The Morgan fingerprint density at radius 2 is 1.78 bits per heavy atom. The SMILES string of the molecule is C[C@H](Sc1nccn1-c1ccccc1)C(=O)Nc1ccccc1C(F)(F)F. The van der Waals surface area contributed by atoms with Crippen molar-refractivity contribution in [1.29, 1.82) is 0 Å². The van der Waals surface area contributed by atoms with Gasteiger partial charge in [-0.05, 0) is 31.2 Å². The summed E-state index contributed by atoms with van der Waals surface area (Å²) >= 11 is 1.17. The number of thioether (sulfide) groups is 1. The summed E-state index contributed by atoms with van der Waals surface area (Å²) in [4.78, 5) is 16.7. The van der Waals surface area contributed by atoms with Gasteiger partial charge in [0.25, 0.3) is 0 Å². The second-order valence-corrected chi connectivity index (χ2v) is 7.02. The quantitative estimate of drug-likeness (QED) is 0.622. The van der Waals surface area contributed by atoms with Crippen molar-refractivity contribution < 1.29 is 18.0 Å². The van der Waals surface area contributed by atoms with Gasteiger partial charge in [-0.2, -0.15) is 13.2 Å². The lowest BCUT2D eigenvalue weighted by Gasteiger charge is -2.16. The number of carbonyl (C=O) groups excluding carboxylic acids is 1. The molecule has 0 unspecified atom stereocenters. The minimum Gasteiger partial charge on any atom is -0.325 e. The third kappa shape index (κ3) is 4.51. The summed E-state index contributed by atoms with van der Waals surface area (Å²) in [6, 6.07) is 14.4. The van der Waals surface area contributed by atoms with Crippen LogP contribution in [-0.2, 0) is 11.0 Å². The van der Waals surface area contributed by atoms with Gasteiger partial charge in [-0.1, -0.05) is 42.1 Å². The van der Waals surface area contributed by atoms with Crippen LogP contribution in [0.1, 0.15) is 12.5 Å². The van der Waals surface area contributed by atoms with E-state index in [2.05, 4.69) is 10.3 Å². The second kappa shape index (κ2) is 7.87. The highest BCUT2D eigenvalue weighted by atomic mass is 32.2. The van der Waals surface area contributed by atoms with Gasteiger partial charge in [0.2, 0.25) is 5.91 Å². The summed E-state index contributed by atoms with van der Waals surface area (Å²) in [6.45, 7) is 1.63. The Labute approximate surface area is 158 Å². The average molecular weight is 391 g/mol. The van der Waals surface area contributed by atoms with Crippen molar-refractivity contribution in [3.8, 4) is 5.69 Å². The first-order valence-electron chi connectivity index (χ1n) is 8.09. The zero-order valence-corrected chi connectivity index (χ0v) is 15.1. The molecule has 0 spiro atoms. The van der Waals surface area contributed by atoms with Gasteiger partial charge in [-0.3, -0.25) is 9.36 Å². The summed E-state index contributed by atoms with van der Waals surface area (Å²) in [6.07, 6.45) is -1.16. The highest BCUT2D eigenvalue weighted by molar-refractivity contribution is 8.00. The molecule has 1 amide bonds. The van der Waals surface area contributed by atoms with Gasteiger partial charge in [-0.15, -0.1) is 0 Å². The molecular formula is C19H16F3N3OS. The van der Waals surface area contributed by atoms with Crippen LogP contribution in [0, 0.1) is 0 Å². The van der Waals surface area contributed by atoms with E-state index >= 15 is 0 Å². The topological polar surface area (TPSA) is 46.9 Å². The third-order valence-corrected chi connectivity index (χ3v) is 4.86. The molecule has 1 N–H and O–H groups in total. The fourth-order valence-electron chi connectivity index (χ4n) is 2.45. The molecule has 2 aromatic carbocycles. The monoisotopic (exact) mass is 391 g/mol. The summed E-state index contributed by atoms with van der Waals surface area (Å²) in [5.74, 6) is -0.528. The summed E-state index contributed by atoms with van der Waals surface area (Å²) in [5, 5.41) is 2.31. The predicted molar refractivity (Wildman–Crippen MR) is 99.0 cm³/mol. The van der Waals surface area contributed by atoms with Crippen LogP contribution >= 0.6 is 11.8 Å². The van der Waals surface area contributed by atoms with Crippen LogP contribution in [0.15, 0.2) is 72.1 Å². The molecule has 0 aliphatic rings. The number of aromatic nitrogens is 2. The van der Waals surface area contributed by atoms with Crippen molar-refractivity contribution in [2.45, 2.75) is 23.5 Å². The molecule has 8 heteroatoms. The Balaban J connectivity index is 1.75. The molecule has 1 aromatic heterocycles. The van der Waals surface area contributed by atoms with Crippen LogP contribution in [0.3, 0.4) is 0 Å². The lowest BCUT2D eigenvalue weighted by atomic mass is 10.1. The number of anilines is 1. The van der Waals surface area contributed by atoms with E-state index in [0.29, 0.717) is 5.16 Å². The van der Waals surface area contributed by atoms with Crippen LogP contribution in [-0.4, -0.2) is 20.7 Å². The van der Waals surface area contributed by atoms with E-state index in [1.165, 1.54) is 30.0 Å². The molecule has 0 bridgehead atoms. The smallest absolute Gasteiger partial charge is 0.325 e. The molecule has 0 saturated carbocycles. The summed E-state index contributed by atoms with van der Waals surface area (Å²) < 4.78 is 41.0. The van der Waals surface area contributed by atoms with Crippen molar-refractivity contribution in [3.63, 3.8) is 0 Å². The Kier molecular flexibility index (Phi) is 5.55. The molecule has 1 atom stereocenters. The number of imidazole rings is 1. The Morgan fingerprint density at radius 3 is 2.48 bits per heavy atom. The number of hydrogen-bond acceptors (Lipinski definition) is 3. The standard InChI is InChI=1S/C19H16F3N3OS/c1-13(17(26)24-16-10-6-5-9-15(16)19(20,21)22)27-18-23-11-12-25(18)14-7-3-2-4-8-14/h2-13H,1H3,(H,24,26)/t13-/m0/s1. The fourth-order valence-corrected chi connectivity index (χ4v) is 3.33. The third-order valence-electron chi connectivity index (χ3n) is 3.78. The molecule has 140 valence electrons. The molecule has 0 radical (unpaired) electrons. The minimum absolute atomic E-state index is 0.256. The zero-order chi connectivity index (χ0) is 19.4. The van der Waals surface area contributed by atoms with Crippen LogP contribution in [0.2, 0.25) is 0 Å². The van der Waals surface area contributed by atoms with E-state index < -0.39 is 22.9 Å². The van der Waals surface area contributed by atoms with Gasteiger partial charge < -0.3 is 5.32 Å². The van der Waals surface area contributed by atoms with Crippen LogP contribution in [0.5, 0.6) is 0 Å². The van der Waals surface area contributed by atoms with Gasteiger partial charge in [0.1, 0.15) is 0 Å². The maximum atomic E-state index is 13.1. The zero-order valence-electron chi connectivity index (χ0n) is 14.3. The number of nitrogens with one attached hydrogen (secondary N) is 1. The number of benzene rings is 2. The van der Waals surface area contributed by atoms with Crippen LogP contribution < -0.4 is 5.32 Å². The number of carbonyl (C=O) groups is 1. The van der Waals surface area contributed by atoms with E-state index in [4.69, 9.17) is 0 Å². The molecule has 1 heterocycles. The van der Waals surface area contributed by atoms with Crippen molar-refractivity contribution in [1.82, 2.24) is 9.55 Å². The van der Waals surface area contributed by atoms with Crippen LogP contribution in [0.25, 0.3) is 5.69 Å². The van der Waals surface area contributed by atoms with Crippen molar-refractivity contribution in [3.05, 3.63) is 72.6 Å². The lowest BCUT2D eigenvalue weighted by Crippen LogP contribution is -2.24. The number of alkyl halides is 3. The predicted octanol–water partition coefficient (Wildman–Crippen LogP) is 5.01. The number of rotatable bonds is 5. The average Bonchev–Trinajstić information content (AvgIpc) is 3.10. The molecule has 4 nitrogen and oxygen atoms in total. The molecule has 3 rings (SSSR count). The number of hydrogen-bond donors (Lipinski definition) is 1. The Morgan fingerprint density at radius 1 is 1.11 bits per heavy atom. The van der Waals surface area contributed by atoms with E-state index in [1.807, 2.05) is 34.9 Å². The van der Waals surface area contributed by atoms with E-state index in [1.54, 1.807) is 19.3 Å². The second-order valence-electron chi connectivity index (χ2n) is 5.71. The molecule has 3 aromatic rings. The highest BCUT2D eigenvalue weighted by Crippen LogP contribution is 2.35. The van der Waals surface area contributed by atoms with Gasteiger partial charge in [0.15, 0.2) is 5.16 Å². The first kappa shape index (κ1) is 19.0. The van der Waals surface area contributed by atoms with E-state index in [0.717, 1.165) is 11.8 Å². The van der Waals surface area contributed by atoms with Gasteiger partial charge in [0, 0.05) is 18.1 Å². The Bertz CT molecular complexity index is 925. The molecular weight excluding hydrogens is 375 g/mol. The van der Waals surface area contributed by atoms with E-state index in [9.17, 15) is 18.0 Å². The molecule has 0 aliphatic carbocycles. The van der Waals surface area contributed by atoms with Crippen molar-refractivity contribution in [2.24, 2.45) is 0 Å². The van der Waals surface area contributed by atoms with Crippen LogP contribution in [0.4, 0.5) is 18.9 Å². The molecule has 27 heavy (non-hydrogen) atoms. The molecule has 0 aliphatic heterocycles. The van der Waals surface area contributed by atoms with Gasteiger partial charge >= 0.3 is 6.18 Å². The minimum atomic E-state index is -4.54. The Hall–Kier alpha value is -2.74. The number of amides is 1. The first-order valence-corrected chi connectivity index (χ1v) is 8.97. The summed E-state index contributed by atoms with van der Waals surface area (Å²) in [7, 11) is 0. The van der Waals surface area contributed by atoms with Crippen molar-refractivity contribution >= 4 is 23.4 Å². The maximum absolute atomic E-state index is 13.1.